The van der Waals surface area contributed by atoms with Crippen LogP contribution in [0.4, 0.5) is 0 Å². The predicted octanol–water partition coefficient (Wildman–Crippen LogP) is 7.90. The monoisotopic (exact) mass is 802 g/mol. The summed E-state index contributed by atoms with van der Waals surface area (Å²) >= 11 is 0. The van der Waals surface area contributed by atoms with E-state index < -0.39 is 50.8 Å². The molecule has 1 rings (SSSR count). The van der Waals surface area contributed by atoms with E-state index >= 15 is 0 Å². The Morgan fingerprint density at radius 1 is 0.800 bits per heavy atom. The standard InChI is InChI=1S/C43H81N2O9P/c1-6-8-10-11-12-13-14-15-16-17-18-19-20-21-23-28-40(47)39(35-54-55(51,52)53-33-32-45(3,4)5)44-43(50)29-25-24-27-37-38(42(49)34-41(37)48)31-30-36(46)26-22-9-7-2/h23-25,28,30-31,36-42,46-49H,6-22,26-27,29,32-35H2,1-5H3,(H-,44,50,51,52)/p+1/b25-24-,28-23+,31-30+/t36-,37+,38-,39+,40-,41+,42-/m1/s1. The van der Waals surface area contributed by atoms with Crippen molar-refractivity contribution in [1.82, 2.24) is 5.32 Å². The summed E-state index contributed by atoms with van der Waals surface area (Å²) in [6, 6.07) is -0.990. The second-order valence-electron chi connectivity index (χ2n) is 16.7. The van der Waals surface area contributed by atoms with Gasteiger partial charge in [0.1, 0.15) is 13.2 Å². The van der Waals surface area contributed by atoms with E-state index in [-0.39, 0.29) is 31.3 Å². The Labute approximate surface area is 334 Å². The zero-order valence-corrected chi connectivity index (χ0v) is 36.1. The van der Waals surface area contributed by atoms with Gasteiger partial charge in [-0.3, -0.25) is 13.8 Å². The lowest BCUT2D eigenvalue weighted by Crippen LogP contribution is -2.45. The van der Waals surface area contributed by atoms with Crippen LogP contribution in [0.25, 0.3) is 0 Å². The highest BCUT2D eigenvalue weighted by Crippen LogP contribution is 2.43. The van der Waals surface area contributed by atoms with Crippen LogP contribution in [0.15, 0.2) is 36.5 Å². The summed E-state index contributed by atoms with van der Waals surface area (Å²) in [4.78, 5) is 23.3. The number of unbranched alkanes of at least 4 members (excludes halogenated alkanes) is 15. The molecule has 6 N–H and O–H groups in total. The first-order chi connectivity index (χ1) is 26.2. The smallest absolute Gasteiger partial charge is 0.393 e. The van der Waals surface area contributed by atoms with Gasteiger partial charge in [0.25, 0.3) is 0 Å². The molecule has 0 aromatic heterocycles. The summed E-state index contributed by atoms with van der Waals surface area (Å²) in [7, 11) is 1.37. The Morgan fingerprint density at radius 3 is 1.98 bits per heavy atom. The molecular weight excluding hydrogens is 719 g/mol. The van der Waals surface area contributed by atoms with Crippen LogP contribution in [0.5, 0.6) is 0 Å². The number of phosphoric acid groups is 1. The van der Waals surface area contributed by atoms with Gasteiger partial charge in [0.2, 0.25) is 5.91 Å². The van der Waals surface area contributed by atoms with Gasteiger partial charge in [-0.2, -0.15) is 0 Å². The molecule has 0 spiro atoms. The predicted molar refractivity (Wildman–Crippen MR) is 223 cm³/mol. The van der Waals surface area contributed by atoms with Gasteiger partial charge in [-0.05, 0) is 31.6 Å². The maximum Gasteiger partial charge on any atom is 0.472 e. The highest BCUT2D eigenvalue weighted by atomic mass is 31.2. The average molecular weight is 802 g/mol. The third-order valence-corrected chi connectivity index (χ3v) is 11.4. The van der Waals surface area contributed by atoms with Crippen LogP contribution in [0.2, 0.25) is 0 Å². The molecule has 55 heavy (non-hydrogen) atoms. The van der Waals surface area contributed by atoms with E-state index in [2.05, 4.69) is 19.2 Å². The molecule has 1 amide bonds. The number of phosphoric ester groups is 1. The van der Waals surface area contributed by atoms with Gasteiger partial charge in [0.05, 0.1) is 58.2 Å². The number of rotatable bonds is 34. The first-order valence-electron chi connectivity index (χ1n) is 21.6. The molecule has 0 bridgehead atoms. The van der Waals surface area contributed by atoms with E-state index in [0.29, 0.717) is 23.9 Å². The van der Waals surface area contributed by atoms with Crippen LogP contribution in [-0.4, -0.2) is 107 Å². The van der Waals surface area contributed by atoms with Crippen molar-refractivity contribution in [2.45, 2.75) is 179 Å². The lowest BCUT2D eigenvalue weighted by Gasteiger charge is -2.25. The maximum atomic E-state index is 13.0. The first kappa shape index (κ1) is 51.6. The Balaban J connectivity index is 2.65. The van der Waals surface area contributed by atoms with Gasteiger partial charge in [-0.25, -0.2) is 4.57 Å². The van der Waals surface area contributed by atoms with Gasteiger partial charge in [0.15, 0.2) is 0 Å². The van der Waals surface area contributed by atoms with Crippen LogP contribution in [0, 0.1) is 11.8 Å². The van der Waals surface area contributed by atoms with E-state index in [9.17, 15) is 34.7 Å². The number of aliphatic hydroxyl groups is 4. The summed E-state index contributed by atoms with van der Waals surface area (Å²) in [5.41, 5.74) is 0. The molecular formula is C43H82N2O9P+. The number of likely N-dealkylation sites (N-methyl/N-ethyl adjacent to an activating group) is 1. The van der Waals surface area contributed by atoms with Crippen molar-refractivity contribution in [3.63, 3.8) is 0 Å². The molecule has 0 saturated heterocycles. The number of allylic oxidation sites excluding steroid dienone is 2. The third-order valence-electron chi connectivity index (χ3n) is 10.5. The zero-order valence-electron chi connectivity index (χ0n) is 35.2. The molecule has 1 aliphatic carbocycles. The molecule has 0 heterocycles. The van der Waals surface area contributed by atoms with Crippen LogP contribution in [-0.2, 0) is 18.4 Å². The summed E-state index contributed by atoms with van der Waals surface area (Å²) in [6.45, 7) is 4.42. The van der Waals surface area contributed by atoms with Crippen molar-refractivity contribution in [2.24, 2.45) is 11.8 Å². The number of hydrogen-bond donors (Lipinski definition) is 6. The largest absolute Gasteiger partial charge is 0.472 e. The lowest BCUT2D eigenvalue weighted by atomic mass is 9.89. The van der Waals surface area contributed by atoms with Crippen LogP contribution < -0.4 is 5.32 Å². The fourth-order valence-corrected chi connectivity index (χ4v) is 7.63. The Bertz CT molecular complexity index is 1110. The van der Waals surface area contributed by atoms with Crippen molar-refractivity contribution in [3.8, 4) is 0 Å². The van der Waals surface area contributed by atoms with Crippen molar-refractivity contribution < 1.29 is 48.2 Å². The number of amides is 1. The van der Waals surface area contributed by atoms with Gasteiger partial charge in [0, 0.05) is 18.8 Å². The number of aliphatic hydroxyl groups excluding tert-OH is 4. The molecule has 0 radical (unpaired) electrons. The second kappa shape index (κ2) is 30.6. The summed E-state index contributed by atoms with van der Waals surface area (Å²) < 4.78 is 23.5. The molecule has 0 aliphatic heterocycles. The van der Waals surface area contributed by atoms with E-state index in [4.69, 9.17) is 9.05 Å². The highest BCUT2D eigenvalue weighted by molar-refractivity contribution is 7.47. The van der Waals surface area contributed by atoms with E-state index in [1.54, 1.807) is 24.3 Å². The summed E-state index contributed by atoms with van der Waals surface area (Å²) in [5.74, 6) is -0.977. The SMILES string of the molecule is CCCCCCCCCCCCCCC/C=C/[C@@H](O)[C@H](COP(=O)(O)OCC[N+](C)(C)C)NC(=O)C/C=C\C[C@H]1[C@@H](/C=C/[C@H](O)CCCCC)[C@H](O)C[C@@H]1O. The van der Waals surface area contributed by atoms with E-state index in [1.165, 1.54) is 70.6 Å². The number of quaternary nitrogens is 1. The molecule has 12 heteroatoms. The Kier molecular flexibility index (Phi) is 28.8. The minimum atomic E-state index is -4.43. The van der Waals surface area contributed by atoms with Gasteiger partial charge < -0.3 is 35.1 Å². The number of nitrogens with zero attached hydrogens (tertiary/aromatic N) is 1. The van der Waals surface area contributed by atoms with Crippen molar-refractivity contribution in [1.29, 1.82) is 0 Å². The quantitative estimate of drug-likeness (QED) is 0.0164. The molecule has 1 aliphatic rings. The summed E-state index contributed by atoms with van der Waals surface area (Å²) in [6.07, 6.45) is 29.0. The normalized spacial score (nSPS) is 22.1. The minimum absolute atomic E-state index is 0.00356. The second-order valence-corrected chi connectivity index (χ2v) is 18.2. The molecule has 1 fully saturated rings. The summed E-state index contributed by atoms with van der Waals surface area (Å²) in [5, 5.41) is 45.2. The third kappa shape index (κ3) is 27.0. The van der Waals surface area contributed by atoms with Gasteiger partial charge in [-0.15, -0.1) is 0 Å². The van der Waals surface area contributed by atoms with Crippen molar-refractivity contribution in [3.05, 3.63) is 36.5 Å². The zero-order chi connectivity index (χ0) is 41.0. The van der Waals surface area contributed by atoms with E-state index in [1.807, 2.05) is 33.3 Å². The van der Waals surface area contributed by atoms with E-state index in [0.717, 1.165) is 38.5 Å². The van der Waals surface area contributed by atoms with Crippen molar-refractivity contribution in [2.75, 3.05) is 40.9 Å². The first-order valence-corrected chi connectivity index (χ1v) is 23.1. The lowest BCUT2D eigenvalue weighted by molar-refractivity contribution is -0.870. The Morgan fingerprint density at radius 2 is 1.38 bits per heavy atom. The topological polar surface area (TPSA) is 166 Å². The average Bonchev–Trinajstić information content (AvgIpc) is 3.39. The van der Waals surface area contributed by atoms with Crippen molar-refractivity contribution >= 4 is 13.7 Å². The molecule has 0 aromatic rings. The molecule has 11 nitrogen and oxygen atoms in total. The number of carbonyl (C=O) groups is 1. The van der Waals surface area contributed by atoms with Crippen LogP contribution >= 0.6 is 7.82 Å². The maximum absolute atomic E-state index is 13.0. The number of nitrogens with one attached hydrogen (secondary N) is 1. The molecule has 322 valence electrons. The fourth-order valence-electron chi connectivity index (χ4n) is 6.89. The highest BCUT2D eigenvalue weighted by Gasteiger charge is 2.39. The molecule has 1 unspecified atom stereocenters. The molecule has 8 atom stereocenters. The fraction of sp³-hybridized carbons (Fsp3) is 0.837. The number of hydrogen-bond acceptors (Lipinski definition) is 8. The molecule has 1 saturated carbocycles. The minimum Gasteiger partial charge on any atom is -0.393 e. The number of carbonyl (C=O) groups excluding carboxylic acids is 1. The van der Waals surface area contributed by atoms with Crippen LogP contribution in [0.1, 0.15) is 149 Å². The van der Waals surface area contributed by atoms with Crippen LogP contribution in [0.3, 0.4) is 0 Å². The Hall–Kier alpha value is -1.40. The molecule has 0 aromatic carbocycles. The van der Waals surface area contributed by atoms with Gasteiger partial charge in [-0.1, -0.05) is 147 Å². The van der Waals surface area contributed by atoms with Gasteiger partial charge >= 0.3 is 7.82 Å².